The largest absolute Gasteiger partial charge is 0.312 e. The minimum absolute atomic E-state index is 0.873. The molecule has 0 saturated heterocycles. The van der Waals surface area contributed by atoms with E-state index in [0.717, 1.165) is 24.5 Å². The van der Waals surface area contributed by atoms with E-state index >= 15 is 0 Å². The summed E-state index contributed by atoms with van der Waals surface area (Å²) < 4.78 is 1.21. The molecule has 0 radical (unpaired) electrons. The van der Waals surface area contributed by atoms with Gasteiger partial charge in [-0.15, -0.1) is 0 Å². The molecule has 64 valence electrons. The number of hydrogen-bond donors (Lipinski definition) is 1. The number of benzene rings is 1. The van der Waals surface area contributed by atoms with Crippen LogP contribution in [-0.4, -0.2) is 6.54 Å². The lowest BCUT2D eigenvalue weighted by Gasteiger charge is -2.18. The highest BCUT2D eigenvalue weighted by Crippen LogP contribution is 2.26. The van der Waals surface area contributed by atoms with Crippen molar-refractivity contribution in [3.63, 3.8) is 0 Å². The minimum atomic E-state index is 0.873. The highest BCUT2D eigenvalue weighted by molar-refractivity contribution is 14.1. The summed E-state index contributed by atoms with van der Waals surface area (Å²) in [5.41, 5.74) is 2.83. The molecule has 0 spiro atoms. The number of rotatable bonds is 0. The normalized spacial score (nSPS) is 15.8. The third kappa shape index (κ3) is 1.47. The molecule has 0 amide bonds. The van der Waals surface area contributed by atoms with Gasteiger partial charge in [0.15, 0.2) is 0 Å². The molecule has 1 nitrogen and oxygen atoms in total. The van der Waals surface area contributed by atoms with Gasteiger partial charge in [0.1, 0.15) is 0 Å². The van der Waals surface area contributed by atoms with E-state index in [9.17, 15) is 0 Å². The van der Waals surface area contributed by atoms with Crippen molar-refractivity contribution in [1.82, 2.24) is 5.32 Å². The first kappa shape index (κ1) is 8.78. The number of nitrogens with one attached hydrogen (secondary N) is 1. The second kappa shape index (κ2) is 3.52. The van der Waals surface area contributed by atoms with Crippen molar-refractivity contribution in [3.05, 3.63) is 31.9 Å². The first-order valence-corrected chi connectivity index (χ1v) is 5.41. The van der Waals surface area contributed by atoms with Crippen LogP contribution >= 0.6 is 34.2 Å². The third-order valence-corrected chi connectivity index (χ3v) is 4.03. The van der Waals surface area contributed by atoms with Crippen LogP contribution < -0.4 is 5.32 Å². The number of fused-ring (bicyclic) bond motifs is 1. The molecule has 0 unspecified atom stereocenters. The van der Waals surface area contributed by atoms with E-state index in [1.807, 2.05) is 6.07 Å². The van der Waals surface area contributed by atoms with Crippen LogP contribution in [0, 0.1) is 3.57 Å². The Balaban J connectivity index is 2.54. The molecule has 3 heteroatoms. The Hall–Kier alpha value is 0.200. The maximum absolute atomic E-state index is 6.01. The van der Waals surface area contributed by atoms with Crippen LogP contribution in [0.4, 0.5) is 0 Å². The Morgan fingerprint density at radius 3 is 3.08 bits per heavy atom. The van der Waals surface area contributed by atoms with E-state index in [2.05, 4.69) is 34.0 Å². The lowest BCUT2D eigenvalue weighted by molar-refractivity contribution is 0.641. The van der Waals surface area contributed by atoms with Gasteiger partial charge in [0.2, 0.25) is 0 Å². The molecule has 0 fully saturated rings. The molecule has 0 atom stereocenters. The Morgan fingerprint density at radius 1 is 1.42 bits per heavy atom. The Bertz CT molecular complexity index is 312. The standard InChI is InChI=1S/C9H9ClIN/c10-8-2-1-6-3-4-12-5-7(6)9(8)11/h1-2,12H,3-5H2. The number of halogens is 2. The van der Waals surface area contributed by atoms with Gasteiger partial charge in [0, 0.05) is 10.1 Å². The summed E-state index contributed by atoms with van der Waals surface area (Å²) in [5.74, 6) is 0. The monoisotopic (exact) mass is 293 g/mol. The van der Waals surface area contributed by atoms with Crippen molar-refractivity contribution in [2.45, 2.75) is 13.0 Å². The van der Waals surface area contributed by atoms with E-state index in [1.54, 1.807) is 0 Å². The predicted octanol–water partition coefficient (Wildman–Crippen LogP) is 2.59. The molecule has 0 bridgehead atoms. The van der Waals surface area contributed by atoms with Gasteiger partial charge in [-0.2, -0.15) is 0 Å². The van der Waals surface area contributed by atoms with E-state index < -0.39 is 0 Å². The summed E-state index contributed by atoms with van der Waals surface area (Å²) in [6.45, 7) is 2.05. The zero-order valence-corrected chi connectivity index (χ0v) is 9.45. The summed E-state index contributed by atoms with van der Waals surface area (Å²) in [7, 11) is 0. The highest BCUT2D eigenvalue weighted by atomic mass is 127. The average Bonchev–Trinajstić information content (AvgIpc) is 2.12. The van der Waals surface area contributed by atoms with Crippen molar-refractivity contribution in [3.8, 4) is 0 Å². The van der Waals surface area contributed by atoms with Gasteiger partial charge < -0.3 is 5.32 Å². The van der Waals surface area contributed by atoms with E-state index in [0.29, 0.717) is 0 Å². The quantitative estimate of drug-likeness (QED) is 0.725. The SMILES string of the molecule is Clc1ccc2c(c1I)CNCC2. The van der Waals surface area contributed by atoms with Gasteiger partial charge in [0.25, 0.3) is 0 Å². The Morgan fingerprint density at radius 2 is 2.25 bits per heavy atom. The molecule has 2 rings (SSSR count). The van der Waals surface area contributed by atoms with Crippen molar-refractivity contribution in [1.29, 1.82) is 0 Å². The molecule has 1 aromatic carbocycles. The first-order valence-electron chi connectivity index (χ1n) is 3.95. The Labute approximate surface area is 90.6 Å². The summed E-state index contributed by atoms with van der Waals surface area (Å²) in [5, 5.41) is 4.22. The van der Waals surface area contributed by atoms with Crippen LogP contribution in [0.3, 0.4) is 0 Å². The van der Waals surface area contributed by atoms with Crippen molar-refractivity contribution in [2.24, 2.45) is 0 Å². The molecule has 1 heterocycles. The van der Waals surface area contributed by atoms with Gasteiger partial charge in [-0.05, 0) is 52.7 Å². The van der Waals surface area contributed by atoms with Gasteiger partial charge >= 0.3 is 0 Å². The molecule has 0 aliphatic carbocycles. The maximum atomic E-state index is 6.01. The minimum Gasteiger partial charge on any atom is -0.312 e. The molecule has 1 aromatic rings. The van der Waals surface area contributed by atoms with Gasteiger partial charge in [-0.25, -0.2) is 0 Å². The van der Waals surface area contributed by atoms with Gasteiger partial charge in [-0.1, -0.05) is 17.7 Å². The molecule has 1 aliphatic heterocycles. The van der Waals surface area contributed by atoms with Gasteiger partial charge in [-0.3, -0.25) is 0 Å². The second-order valence-electron chi connectivity index (χ2n) is 2.93. The molecule has 1 N–H and O–H groups in total. The fraction of sp³-hybridized carbons (Fsp3) is 0.333. The molecule has 12 heavy (non-hydrogen) atoms. The van der Waals surface area contributed by atoms with Crippen LogP contribution in [0.2, 0.25) is 5.02 Å². The first-order chi connectivity index (χ1) is 5.79. The smallest absolute Gasteiger partial charge is 0.0542 e. The lowest BCUT2D eigenvalue weighted by Crippen LogP contribution is -2.24. The summed E-state index contributed by atoms with van der Waals surface area (Å²) in [6, 6.07) is 4.13. The molecular formula is C9H9ClIN. The van der Waals surface area contributed by atoms with Crippen LogP contribution in [0.25, 0.3) is 0 Å². The second-order valence-corrected chi connectivity index (χ2v) is 4.41. The molecular weight excluding hydrogens is 284 g/mol. The van der Waals surface area contributed by atoms with Crippen molar-refractivity contribution >= 4 is 34.2 Å². The number of hydrogen-bond acceptors (Lipinski definition) is 1. The predicted molar refractivity (Wildman–Crippen MR) is 59.6 cm³/mol. The zero-order valence-electron chi connectivity index (χ0n) is 6.53. The summed E-state index contributed by atoms with van der Waals surface area (Å²) >= 11 is 8.33. The summed E-state index contributed by atoms with van der Waals surface area (Å²) in [6.07, 6.45) is 1.13. The fourth-order valence-electron chi connectivity index (χ4n) is 1.49. The van der Waals surface area contributed by atoms with Gasteiger partial charge in [0.05, 0.1) is 5.02 Å². The van der Waals surface area contributed by atoms with Crippen molar-refractivity contribution < 1.29 is 0 Å². The van der Waals surface area contributed by atoms with Crippen molar-refractivity contribution in [2.75, 3.05) is 6.54 Å². The third-order valence-electron chi connectivity index (χ3n) is 2.17. The average molecular weight is 294 g/mol. The molecule has 0 aromatic heterocycles. The molecule has 1 aliphatic rings. The fourth-order valence-corrected chi connectivity index (χ4v) is 2.39. The van der Waals surface area contributed by atoms with Crippen LogP contribution in [0.15, 0.2) is 12.1 Å². The van der Waals surface area contributed by atoms with Crippen LogP contribution in [0.1, 0.15) is 11.1 Å². The topological polar surface area (TPSA) is 12.0 Å². The van der Waals surface area contributed by atoms with Crippen LogP contribution in [0.5, 0.6) is 0 Å². The Kier molecular flexibility index (Phi) is 2.57. The zero-order chi connectivity index (χ0) is 8.55. The highest BCUT2D eigenvalue weighted by Gasteiger charge is 2.12. The van der Waals surface area contributed by atoms with Crippen LogP contribution in [-0.2, 0) is 13.0 Å². The summed E-state index contributed by atoms with van der Waals surface area (Å²) in [4.78, 5) is 0. The van der Waals surface area contributed by atoms with E-state index in [-0.39, 0.29) is 0 Å². The van der Waals surface area contributed by atoms with E-state index in [1.165, 1.54) is 14.7 Å². The molecule has 0 saturated carbocycles. The lowest BCUT2D eigenvalue weighted by atomic mass is 10.0. The maximum Gasteiger partial charge on any atom is 0.0542 e. The van der Waals surface area contributed by atoms with E-state index in [4.69, 9.17) is 11.6 Å².